The molecule has 0 saturated carbocycles. The molecule has 0 radical (unpaired) electrons. The maximum absolute atomic E-state index is 12.6. The maximum Gasteiger partial charge on any atom is 0.408 e. The summed E-state index contributed by atoms with van der Waals surface area (Å²) in [6.07, 6.45) is -0.666. The Morgan fingerprint density at radius 3 is 2.13 bits per heavy atom. The van der Waals surface area contributed by atoms with Gasteiger partial charge in [0.1, 0.15) is 11.4 Å². The number of hydrogen-bond donors (Lipinski definition) is 2. The van der Waals surface area contributed by atoms with Gasteiger partial charge in [0, 0.05) is 14.2 Å². The summed E-state index contributed by atoms with van der Waals surface area (Å²) in [7, 11) is -1.09. The molecular formula is C15H25N2O5P. The Morgan fingerprint density at radius 2 is 1.70 bits per heavy atom. The predicted octanol–water partition coefficient (Wildman–Crippen LogP) is 3.02. The van der Waals surface area contributed by atoms with Crippen LogP contribution in [0, 0.1) is 0 Å². The zero-order chi connectivity index (χ0) is 17.7. The Bertz CT molecular complexity index is 551. The minimum atomic E-state index is -3.59. The van der Waals surface area contributed by atoms with Crippen LogP contribution in [-0.2, 0) is 18.3 Å². The summed E-state index contributed by atoms with van der Waals surface area (Å²) < 4.78 is 27.7. The monoisotopic (exact) mass is 344 g/mol. The topological polar surface area (TPSA) is 99.9 Å². The van der Waals surface area contributed by atoms with Crippen LogP contribution in [0.15, 0.2) is 30.3 Å². The molecule has 1 aromatic carbocycles. The molecule has 0 aliphatic heterocycles. The van der Waals surface area contributed by atoms with Gasteiger partial charge >= 0.3 is 13.7 Å². The highest BCUT2D eigenvalue weighted by molar-refractivity contribution is 7.54. The Balaban J connectivity index is 3.09. The van der Waals surface area contributed by atoms with E-state index in [-0.39, 0.29) is 0 Å². The predicted molar refractivity (Wildman–Crippen MR) is 88.2 cm³/mol. The van der Waals surface area contributed by atoms with Crippen molar-refractivity contribution in [3.63, 3.8) is 0 Å². The van der Waals surface area contributed by atoms with Crippen LogP contribution >= 0.6 is 7.60 Å². The van der Waals surface area contributed by atoms with Crippen LogP contribution in [0.4, 0.5) is 4.79 Å². The van der Waals surface area contributed by atoms with E-state index in [2.05, 4.69) is 5.32 Å². The first-order valence-electron chi connectivity index (χ1n) is 7.14. The quantitative estimate of drug-likeness (QED) is 0.770. The molecule has 0 heterocycles. The van der Waals surface area contributed by atoms with Crippen molar-refractivity contribution in [3.05, 3.63) is 35.9 Å². The third kappa shape index (κ3) is 5.62. The smallest absolute Gasteiger partial charge is 0.408 e. The van der Waals surface area contributed by atoms with Crippen molar-refractivity contribution in [3.8, 4) is 0 Å². The SMILES string of the molecule is COP(=O)(OC)[C@H](N)[C@@H](NC(=O)OC(C)(C)C)c1ccccc1. The molecule has 0 aliphatic carbocycles. The second kappa shape index (κ2) is 7.93. The molecule has 0 aromatic heterocycles. The van der Waals surface area contributed by atoms with Gasteiger partial charge in [-0.25, -0.2) is 4.79 Å². The Morgan fingerprint density at radius 1 is 1.17 bits per heavy atom. The van der Waals surface area contributed by atoms with E-state index in [1.165, 1.54) is 14.2 Å². The summed E-state index contributed by atoms with van der Waals surface area (Å²) in [5.41, 5.74) is 6.08. The number of amides is 1. The lowest BCUT2D eigenvalue weighted by molar-refractivity contribution is 0.0500. The Kier molecular flexibility index (Phi) is 6.77. The number of carbonyl (C=O) groups is 1. The first-order valence-corrected chi connectivity index (χ1v) is 8.75. The normalized spacial score (nSPS) is 14.9. The summed E-state index contributed by atoms with van der Waals surface area (Å²) in [5, 5.41) is 2.65. The highest BCUT2D eigenvalue weighted by atomic mass is 31.2. The van der Waals surface area contributed by atoms with Gasteiger partial charge in [-0.05, 0) is 26.3 Å². The molecular weight excluding hydrogens is 319 g/mol. The molecule has 1 rings (SSSR count). The van der Waals surface area contributed by atoms with Gasteiger partial charge in [0.2, 0.25) is 0 Å². The van der Waals surface area contributed by atoms with Gasteiger partial charge in [-0.3, -0.25) is 4.57 Å². The Hall–Kier alpha value is -1.40. The lowest BCUT2D eigenvalue weighted by atomic mass is 10.1. The van der Waals surface area contributed by atoms with Gasteiger partial charge in [-0.15, -0.1) is 0 Å². The molecule has 23 heavy (non-hydrogen) atoms. The van der Waals surface area contributed by atoms with Crippen molar-refractivity contribution < 1.29 is 23.1 Å². The van der Waals surface area contributed by atoms with Crippen molar-refractivity contribution >= 4 is 13.7 Å². The van der Waals surface area contributed by atoms with Gasteiger partial charge in [-0.2, -0.15) is 0 Å². The molecule has 130 valence electrons. The number of nitrogens with one attached hydrogen (secondary N) is 1. The highest BCUT2D eigenvalue weighted by Gasteiger charge is 2.39. The van der Waals surface area contributed by atoms with E-state index in [1.54, 1.807) is 45.0 Å². The largest absolute Gasteiger partial charge is 0.444 e. The second-order valence-corrected chi connectivity index (χ2v) is 8.34. The summed E-state index contributed by atoms with van der Waals surface area (Å²) in [6.45, 7) is 5.25. The number of rotatable bonds is 6. The summed E-state index contributed by atoms with van der Waals surface area (Å²) in [4.78, 5) is 12.1. The maximum atomic E-state index is 12.6. The first kappa shape index (κ1) is 19.6. The minimum Gasteiger partial charge on any atom is -0.444 e. The lowest BCUT2D eigenvalue weighted by Gasteiger charge is -2.30. The van der Waals surface area contributed by atoms with Crippen LogP contribution in [0.5, 0.6) is 0 Å². The number of nitrogens with two attached hydrogens (primary N) is 1. The molecule has 1 aromatic rings. The van der Waals surface area contributed by atoms with E-state index < -0.39 is 31.1 Å². The lowest BCUT2D eigenvalue weighted by Crippen LogP contribution is -2.43. The van der Waals surface area contributed by atoms with Crippen molar-refractivity contribution in [1.29, 1.82) is 0 Å². The standard InChI is InChI=1S/C15H25N2O5P/c1-15(2,3)22-14(18)17-12(11-9-7-6-8-10-11)13(16)23(19,20-4)21-5/h6-10,12-13H,16H2,1-5H3,(H,17,18)/t12-,13-/m0/s1. The fraction of sp³-hybridized carbons (Fsp3) is 0.533. The van der Waals surface area contributed by atoms with Gasteiger partial charge in [0.15, 0.2) is 0 Å². The molecule has 1 amide bonds. The molecule has 8 heteroatoms. The average molecular weight is 344 g/mol. The van der Waals surface area contributed by atoms with E-state index in [0.717, 1.165) is 0 Å². The molecule has 0 bridgehead atoms. The third-order valence-electron chi connectivity index (χ3n) is 3.05. The molecule has 0 unspecified atom stereocenters. The van der Waals surface area contributed by atoms with Crippen molar-refractivity contribution in [2.75, 3.05) is 14.2 Å². The van der Waals surface area contributed by atoms with Crippen molar-refractivity contribution in [2.24, 2.45) is 5.73 Å². The van der Waals surface area contributed by atoms with Crippen molar-refractivity contribution in [2.45, 2.75) is 38.2 Å². The van der Waals surface area contributed by atoms with Crippen molar-refractivity contribution in [1.82, 2.24) is 5.32 Å². The second-order valence-electron chi connectivity index (χ2n) is 5.93. The Labute approximate surface area is 137 Å². The molecule has 0 fully saturated rings. The molecule has 0 aliphatic rings. The number of carbonyl (C=O) groups excluding carboxylic acids is 1. The molecule has 0 spiro atoms. The molecule has 2 atom stereocenters. The van der Waals surface area contributed by atoms with Gasteiger partial charge in [-0.1, -0.05) is 30.3 Å². The average Bonchev–Trinajstić information content (AvgIpc) is 2.50. The fourth-order valence-electron chi connectivity index (χ4n) is 1.96. The van der Waals surface area contributed by atoms with Crippen LogP contribution in [0.1, 0.15) is 32.4 Å². The van der Waals surface area contributed by atoms with Crippen LogP contribution in [0.3, 0.4) is 0 Å². The van der Waals surface area contributed by atoms with E-state index in [0.29, 0.717) is 5.56 Å². The number of ether oxygens (including phenoxy) is 1. The van der Waals surface area contributed by atoms with E-state index >= 15 is 0 Å². The van der Waals surface area contributed by atoms with Crippen LogP contribution < -0.4 is 11.1 Å². The zero-order valence-electron chi connectivity index (χ0n) is 14.1. The molecule has 0 saturated heterocycles. The summed E-state index contributed by atoms with van der Waals surface area (Å²) in [6, 6.07) is 8.13. The van der Waals surface area contributed by atoms with E-state index in [9.17, 15) is 9.36 Å². The molecule has 3 N–H and O–H groups in total. The fourth-order valence-corrected chi connectivity index (χ4v) is 3.21. The van der Waals surface area contributed by atoms with Gasteiger partial charge < -0.3 is 24.8 Å². The minimum absolute atomic E-state index is 0.665. The first-order chi connectivity index (χ1) is 10.6. The number of hydrogen-bond acceptors (Lipinski definition) is 6. The summed E-state index contributed by atoms with van der Waals surface area (Å²) in [5.74, 6) is -1.09. The highest BCUT2D eigenvalue weighted by Crippen LogP contribution is 2.53. The van der Waals surface area contributed by atoms with Crippen LogP contribution in [-0.4, -0.2) is 31.7 Å². The van der Waals surface area contributed by atoms with E-state index in [1.807, 2.05) is 6.07 Å². The zero-order valence-corrected chi connectivity index (χ0v) is 15.0. The van der Waals surface area contributed by atoms with Crippen LogP contribution in [0.2, 0.25) is 0 Å². The van der Waals surface area contributed by atoms with E-state index in [4.69, 9.17) is 19.5 Å². The van der Waals surface area contributed by atoms with Gasteiger partial charge in [0.25, 0.3) is 0 Å². The number of benzene rings is 1. The van der Waals surface area contributed by atoms with Gasteiger partial charge in [0.05, 0.1) is 6.04 Å². The summed E-state index contributed by atoms with van der Waals surface area (Å²) >= 11 is 0. The van der Waals surface area contributed by atoms with Crippen LogP contribution in [0.25, 0.3) is 0 Å². The third-order valence-corrected chi connectivity index (χ3v) is 5.09. The number of alkyl carbamates (subject to hydrolysis) is 1. The molecule has 7 nitrogen and oxygen atoms in total.